The van der Waals surface area contributed by atoms with Crippen molar-refractivity contribution in [3.8, 4) is 11.6 Å². The van der Waals surface area contributed by atoms with Gasteiger partial charge in [-0.25, -0.2) is 4.98 Å². The Hall–Kier alpha value is -3.59. The van der Waals surface area contributed by atoms with Crippen LogP contribution in [0, 0.1) is 0 Å². The van der Waals surface area contributed by atoms with Gasteiger partial charge in [0.1, 0.15) is 11.6 Å². The van der Waals surface area contributed by atoms with Crippen molar-refractivity contribution in [2.75, 3.05) is 7.11 Å². The molecule has 32 heavy (non-hydrogen) atoms. The lowest BCUT2D eigenvalue weighted by atomic mass is 9.73. The van der Waals surface area contributed by atoms with E-state index in [1.165, 1.54) is 53.1 Å². The van der Waals surface area contributed by atoms with Crippen molar-refractivity contribution in [3.05, 3.63) is 102 Å². The quantitative estimate of drug-likeness (QED) is 0.313. The van der Waals surface area contributed by atoms with Crippen LogP contribution in [-0.4, -0.2) is 16.7 Å². The fraction of sp³-hybridized carbons (Fsp3) is 0.207. The Morgan fingerprint density at radius 3 is 2.31 bits per heavy atom. The molecule has 0 bridgehead atoms. The lowest BCUT2D eigenvalue weighted by Crippen LogP contribution is -2.24. The minimum absolute atomic E-state index is 0.0649. The maximum Gasteiger partial charge on any atom is 0.137 e. The summed E-state index contributed by atoms with van der Waals surface area (Å²) >= 11 is 0. The molecule has 1 saturated carbocycles. The molecule has 0 N–H and O–H groups in total. The molecule has 0 atom stereocenters. The minimum atomic E-state index is 0.0649. The number of ether oxygens (including phenoxy) is 1. The van der Waals surface area contributed by atoms with Crippen molar-refractivity contribution in [3.63, 3.8) is 0 Å². The minimum Gasteiger partial charge on any atom is -0.497 e. The van der Waals surface area contributed by atoms with Gasteiger partial charge >= 0.3 is 0 Å². The molecule has 6 rings (SSSR count). The van der Waals surface area contributed by atoms with E-state index in [0.717, 1.165) is 17.1 Å². The van der Waals surface area contributed by atoms with Crippen molar-refractivity contribution in [1.29, 1.82) is 0 Å². The SMILES string of the molecule is COc1ccc2c3ccccc3n(-c3cc(C4(c5ccccc5)CCCC4)ccn3)c2c1. The van der Waals surface area contributed by atoms with Crippen LogP contribution in [-0.2, 0) is 5.41 Å². The van der Waals surface area contributed by atoms with Crippen LogP contribution in [0.15, 0.2) is 91.1 Å². The molecule has 0 amide bonds. The second-order valence-electron chi connectivity index (χ2n) is 8.79. The van der Waals surface area contributed by atoms with E-state index >= 15 is 0 Å². The van der Waals surface area contributed by atoms with Crippen LogP contribution in [0.1, 0.15) is 36.8 Å². The summed E-state index contributed by atoms with van der Waals surface area (Å²) in [5.74, 6) is 1.82. The monoisotopic (exact) mass is 418 g/mol. The van der Waals surface area contributed by atoms with Gasteiger partial charge in [-0.05, 0) is 54.3 Å². The Labute approximate surface area is 188 Å². The molecule has 1 aliphatic carbocycles. The van der Waals surface area contributed by atoms with Gasteiger partial charge < -0.3 is 4.74 Å². The number of hydrogen-bond donors (Lipinski definition) is 0. The first kappa shape index (κ1) is 19.1. The smallest absolute Gasteiger partial charge is 0.137 e. The number of aromatic nitrogens is 2. The zero-order valence-electron chi connectivity index (χ0n) is 18.3. The van der Waals surface area contributed by atoms with Crippen LogP contribution < -0.4 is 4.74 Å². The average Bonchev–Trinajstić information content (AvgIpc) is 3.48. The summed E-state index contributed by atoms with van der Waals surface area (Å²) in [5.41, 5.74) is 5.13. The topological polar surface area (TPSA) is 27.1 Å². The third kappa shape index (κ3) is 2.85. The largest absolute Gasteiger partial charge is 0.497 e. The fourth-order valence-corrected chi connectivity index (χ4v) is 5.64. The van der Waals surface area contributed by atoms with Gasteiger partial charge in [-0.2, -0.15) is 0 Å². The standard InChI is InChI=1S/C29H26N2O/c1-32-23-13-14-25-24-11-5-6-12-26(24)31(27(25)20-23)28-19-22(15-18-30-28)29(16-7-8-17-29)21-9-3-2-4-10-21/h2-6,9-15,18-20H,7-8,16-17H2,1H3. The third-order valence-electron chi connectivity index (χ3n) is 7.19. The highest BCUT2D eigenvalue weighted by Gasteiger charge is 2.37. The number of rotatable bonds is 4. The van der Waals surface area contributed by atoms with Crippen LogP contribution in [0.2, 0.25) is 0 Å². The maximum absolute atomic E-state index is 5.55. The number of fused-ring (bicyclic) bond motifs is 3. The van der Waals surface area contributed by atoms with E-state index in [9.17, 15) is 0 Å². The molecule has 0 radical (unpaired) electrons. The van der Waals surface area contributed by atoms with E-state index in [1.807, 2.05) is 12.3 Å². The van der Waals surface area contributed by atoms with E-state index in [4.69, 9.17) is 9.72 Å². The first-order chi connectivity index (χ1) is 15.8. The molecule has 2 aromatic heterocycles. The first-order valence-electron chi connectivity index (χ1n) is 11.4. The summed E-state index contributed by atoms with van der Waals surface area (Å²) < 4.78 is 7.84. The second kappa shape index (κ2) is 7.52. The van der Waals surface area contributed by atoms with Crippen molar-refractivity contribution in [2.45, 2.75) is 31.1 Å². The van der Waals surface area contributed by atoms with E-state index < -0.39 is 0 Å². The van der Waals surface area contributed by atoms with Gasteiger partial charge in [0.15, 0.2) is 0 Å². The molecule has 0 spiro atoms. The summed E-state index contributed by atoms with van der Waals surface area (Å²) in [6.07, 6.45) is 6.87. The molecule has 5 aromatic rings. The number of hydrogen-bond acceptors (Lipinski definition) is 2. The van der Waals surface area contributed by atoms with Crippen molar-refractivity contribution in [1.82, 2.24) is 9.55 Å². The number of benzene rings is 3. The first-order valence-corrected chi connectivity index (χ1v) is 11.4. The Bertz CT molecular complexity index is 1410. The fourth-order valence-electron chi connectivity index (χ4n) is 5.64. The number of methoxy groups -OCH3 is 1. The molecule has 3 nitrogen and oxygen atoms in total. The summed E-state index contributed by atoms with van der Waals surface area (Å²) in [6.45, 7) is 0. The summed E-state index contributed by atoms with van der Waals surface area (Å²) in [5, 5.41) is 2.45. The van der Waals surface area contributed by atoms with Gasteiger partial charge in [-0.3, -0.25) is 4.57 Å². The van der Waals surface area contributed by atoms with Gasteiger partial charge in [-0.15, -0.1) is 0 Å². The zero-order valence-corrected chi connectivity index (χ0v) is 18.3. The maximum atomic E-state index is 5.55. The van der Waals surface area contributed by atoms with Crippen molar-refractivity contribution in [2.24, 2.45) is 0 Å². The van der Waals surface area contributed by atoms with Gasteiger partial charge in [-0.1, -0.05) is 61.4 Å². The van der Waals surface area contributed by atoms with Gasteiger partial charge in [0, 0.05) is 28.5 Å². The molecule has 1 fully saturated rings. The molecule has 3 aromatic carbocycles. The second-order valence-corrected chi connectivity index (χ2v) is 8.79. The molecule has 0 saturated heterocycles. The molecule has 158 valence electrons. The van der Waals surface area contributed by atoms with Crippen molar-refractivity contribution < 1.29 is 4.74 Å². The molecular formula is C29H26N2O. The normalized spacial score (nSPS) is 15.4. The van der Waals surface area contributed by atoms with E-state index in [2.05, 4.69) is 83.4 Å². The summed E-state index contributed by atoms with van der Waals surface area (Å²) in [7, 11) is 1.72. The predicted molar refractivity (Wildman–Crippen MR) is 131 cm³/mol. The molecule has 0 unspecified atom stereocenters. The Kier molecular flexibility index (Phi) is 4.50. The number of pyridine rings is 1. The van der Waals surface area contributed by atoms with Gasteiger partial charge in [0.2, 0.25) is 0 Å². The van der Waals surface area contributed by atoms with Gasteiger partial charge in [0.25, 0.3) is 0 Å². The van der Waals surface area contributed by atoms with Crippen LogP contribution in [0.4, 0.5) is 0 Å². The highest BCUT2D eigenvalue weighted by molar-refractivity contribution is 6.09. The lowest BCUT2D eigenvalue weighted by Gasteiger charge is -2.31. The molecular weight excluding hydrogens is 392 g/mol. The highest BCUT2D eigenvalue weighted by atomic mass is 16.5. The molecule has 0 aliphatic heterocycles. The highest BCUT2D eigenvalue weighted by Crippen LogP contribution is 2.46. The lowest BCUT2D eigenvalue weighted by molar-refractivity contribution is 0.415. The van der Waals surface area contributed by atoms with Crippen LogP contribution in [0.25, 0.3) is 27.6 Å². The van der Waals surface area contributed by atoms with Crippen LogP contribution >= 0.6 is 0 Å². The Balaban J connectivity index is 1.60. The Morgan fingerprint density at radius 1 is 0.750 bits per heavy atom. The van der Waals surface area contributed by atoms with Crippen molar-refractivity contribution >= 4 is 21.8 Å². The summed E-state index contributed by atoms with van der Waals surface area (Å²) in [4.78, 5) is 4.86. The van der Waals surface area contributed by atoms with Crippen LogP contribution in [0.5, 0.6) is 5.75 Å². The van der Waals surface area contributed by atoms with Gasteiger partial charge in [0.05, 0.1) is 18.1 Å². The average molecular weight is 419 g/mol. The third-order valence-corrected chi connectivity index (χ3v) is 7.19. The molecule has 3 heteroatoms. The zero-order chi connectivity index (χ0) is 21.5. The number of para-hydroxylation sites is 1. The Morgan fingerprint density at radius 2 is 1.50 bits per heavy atom. The molecule has 1 aliphatic rings. The van der Waals surface area contributed by atoms with E-state index in [-0.39, 0.29) is 5.41 Å². The predicted octanol–water partition coefficient (Wildman–Crippen LogP) is 7.05. The van der Waals surface area contributed by atoms with E-state index in [1.54, 1.807) is 7.11 Å². The van der Waals surface area contributed by atoms with Crippen LogP contribution in [0.3, 0.4) is 0 Å². The summed E-state index contributed by atoms with van der Waals surface area (Å²) in [6, 6.07) is 30.4. The van der Waals surface area contributed by atoms with E-state index in [0.29, 0.717) is 0 Å². The number of nitrogens with zero attached hydrogens (tertiary/aromatic N) is 2. The molecule has 2 heterocycles.